The highest BCUT2D eigenvalue weighted by molar-refractivity contribution is 9.10. The Balaban J connectivity index is 1.76. The number of aromatic amines is 1. The van der Waals surface area contributed by atoms with Crippen LogP contribution in [0.1, 0.15) is 5.56 Å². The average Bonchev–Trinajstić information content (AvgIpc) is 2.84. The van der Waals surface area contributed by atoms with Crippen molar-refractivity contribution in [1.29, 1.82) is 0 Å². The number of pyridine rings is 1. The minimum atomic E-state index is 0.742. The summed E-state index contributed by atoms with van der Waals surface area (Å²) in [4.78, 5) is 4.14. The van der Waals surface area contributed by atoms with Gasteiger partial charge in [0.2, 0.25) is 0 Å². The summed E-state index contributed by atoms with van der Waals surface area (Å²) in [5.74, 6) is 0. The van der Waals surface area contributed by atoms with E-state index in [-0.39, 0.29) is 0 Å². The average molecular weight is 303 g/mol. The summed E-state index contributed by atoms with van der Waals surface area (Å²) < 4.78 is 0.992. The second-order valence-electron chi connectivity index (χ2n) is 4.04. The molecule has 0 unspecified atom stereocenters. The van der Waals surface area contributed by atoms with E-state index in [0.717, 1.165) is 33.2 Å². The normalized spacial score (nSPS) is 10.7. The lowest BCUT2D eigenvalue weighted by molar-refractivity contribution is 1.10. The molecule has 1 aromatic carbocycles. The molecule has 0 spiro atoms. The van der Waals surface area contributed by atoms with Crippen LogP contribution in [0.3, 0.4) is 0 Å². The molecule has 0 amide bonds. The Morgan fingerprint density at radius 1 is 1.17 bits per heavy atom. The first kappa shape index (κ1) is 11.2. The molecule has 2 N–H and O–H groups in total. The van der Waals surface area contributed by atoms with Crippen molar-refractivity contribution >= 4 is 32.5 Å². The van der Waals surface area contributed by atoms with Gasteiger partial charge in [0, 0.05) is 34.5 Å². The number of aromatic nitrogens is 3. The SMILES string of the molecule is Brc1cncc(CNc2ccc3cn[nH]c3c2)c1. The van der Waals surface area contributed by atoms with Crippen molar-refractivity contribution in [3.63, 3.8) is 0 Å². The second kappa shape index (κ2) is 4.78. The third-order valence-electron chi connectivity index (χ3n) is 2.70. The van der Waals surface area contributed by atoms with Crippen LogP contribution in [0.15, 0.2) is 47.3 Å². The van der Waals surface area contributed by atoms with Crippen molar-refractivity contribution in [1.82, 2.24) is 15.2 Å². The minimum absolute atomic E-state index is 0.742. The van der Waals surface area contributed by atoms with E-state index in [1.165, 1.54) is 0 Å². The zero-order valence-electron chi connectivity index (χ0n) is 9.52. The predicted molar refractivity (Wildman–Crippen MR) is 75.4 cm³/mol. The van der Waals surface area contributed by atoms with Gasteiger partial charge in [-0.2, -0.15) is 5.10 Å². The fraction of sp³-hybridized carbons (Fsp3) is 0.0769. The molecule has 4 nitrogen and oxygen atoms in total. The molecule has 2 aromatic heterocycles. The standard InChI is InChI=1S/C13H11BrN4/c14-11-3-9(5-15-8-11)6-16-12-2-1-10-7-17-18-13(10)4-12/h1-5,7-8,16H,6H2,(H,17,18). The number of nitrogens with zero attached hydrogens (tertiary/aromatic N) is 2. The summed E-state index contributed by atoms with van der Waals surface area (Å²) in [5, 5.41) is 11.4. The van der Waals surface area contributed by atoms with Crippen molar-refractivity contribution in [2.45, 2.75) is 6.54 Å². The molecular weight excluding hydrogens is 292 g/mol. The van der Waals surface area contributed by atoms with Gasteiger partial charge in [-0.3, -0.25) is 10.1 Å². The van der Waals surface area contributed by atoms with E-state index in [9.17, 15) is 0 Å². The van der Waals surface area contributed by atoms with E-state index < -0.39 is 0 Å². The fourth-order valence-electron chi connectivity index (χ4n) is 1.80. The number of nitrogens with one attached hydrogen (secondary N) is 2. The maximum Gasteiger partial charge on any atom is 0.0670 e. The molecule has 18 heavy (non-hydrogen) atoms. The van der Waals surface area contributed by atoms with Crippen molar-refractivity contribution in [3.05, 3.63) is 52.9 Å². The maximum absolute atomic E-state index is 4.14. The third-order valence-corrected chi connectivity index (χ3v) is 3.13. The Morgan fingerprint density at radius 2 is 2.11 bits per heavy atom. The van der Waals surface area contributed by atoms with Crippen molar-refractivity contribution in [2.75, 3.05) is 5.32 Å². The van der Waals surface area contributed by atoms with Gasteiger partial charge < -0.3 is 5.32 Å². The molecule has 0 radical (unpaired) electrons. The van der Waals surface area contributed by atoms with Gasteiger partial charge in [0.1, 0.15) is 0 Å². The molecule has 5 heteroatoms. The highest BCUT2D eigenvalue weighted by atomic mass is 79.9. The van der Waals surface area contributed by atoms with E-state index in [1.807, 2.05) is 30.6 Å². The van der Waals surface area contributed by atoms with Crippen LogP contribution in [-0.4, -0.2) is 15.2 Å². The summed E-state index contributed by atoms with van der Waals surface area (Å²) >= 11 is 3.41. The molecule has 0 aliphatic heterocycles. The van der Waals surface area contributed by atoms with Crippen molar-refractivity contribution in [2.24, 2.45) is 0 Å². The van der Waals surface area contributed by atoms with E-state index in [4.69, 9.17) is 0 Å². The first-order valence-electron chi connectivity index (χ1n) is 5.58. The first-order valence-corrected chi connectivity index (χ1v) is 6.37. The first-order chi connectivity index (χ1) is 8.81. The van der Waals surface area contributed by atoms with Crippen molar-refractivity contribution in [3.8, 4) is 0 Å². The fourth-order valence-corrected chi connectivity index (χ4v) is 2.22. The number of hydrogen-bond donors (Lipinski definition) is 2. The molecule has 90 valence electrons. The Kier molecular flexibility index (Phi) is 2.98. The molecule has 3 aromatic rings. The zero-order valence-corrected chi connectivity index (χ0v) is 11.1. The number of hydrogen-bond acceptors (Lipinski definition) is 3. The van der Waals surface area contributed by atoms with Gasteiger partial charge in [-0.05, 0) is 45.8 Å². The monoisotopic (exact) mass is 302 g/mol. The van der Waals surface area contributed by atoms with Gasteiger partial charge in [-0.15, -0.1) is 0 Å². The van der Waals surface area contributed by atoms with Crippen LogP contribution < -0.4 is 5.32 Å². The lowest BCUT2D eigenvalue weighted by atomic mass is 10.2. The number of benzene rings is 1. The summed E-state index contributed by atoms with van der Waals surface area (Å²) in [7, 11) is 0. The quantitative estimate of drug-likeness (QED) is 0.780. The number of halogens is 1. The highest BCUT2D eigenvalue weighted by Crippen LogP contribution is 2.17. The summed E-state index contributed by atoms with van der Waals surface area (Å²) in [6, 6.07) is 8.19. The Labute approximate surface area is 113 Å². The van der Waals surface area contributed by atoms with Crippen LogP contribution in [0, 0.1) is 0 Å². The van der Waals surface area contributed by atoms with Gasteiger partial charge in [0.15, 0.2) is 0 Å². The highest BCUT2D eigenvalue weighted by Gasteiger charge is 1.99. The van der Waals surface area contributed by atoms with Crippen LogP contribution >= 0.6 is 15.9 Å². The lowest BCUT2D eigenvalue weighted by Gasteiger charge is -2.06. The van der Waals surface area contributed by atoms with Crippen LogP contribution in [-0.2, 0) is 6.54 Å². The van der Waals surface area contributed by atoms with Crippen molar-refractivity contribution < 1.29 is 0 Å². The van der Waals surface area contributed by atoms with Gasteiger partial charge in [0.25, 0.3) is 0 Å². The van der Waals surface area contributed by atoms with E-state index in [1.54, 1.807) is 6.20 Å². The number of anilines is 1. The van der Waals surface area contributed by atoms with Gasteiger partial charge in [-0.1, -0.05) is 0 Å². The van der Waals surface area contributed by atoms with Gasteiger partial charge >= 0.3 is 0 Å². The molecular formula is C13H11BrN4. The topological polar surface area (TPSA) is 53.6 Å². The van der Waals surface area contributed by atoms with Gasteiger partial charge in [-0.25, -0.2) is 0 Å². The van der Waals surface area contributed by atoms with Crippen LogP contribution in [0.2, 0.25) is 0 Å². The largest absolute Gasteiger partial charge is 0.381 e. The smallest absolute Gasteiger partial charge is 0.0670 e. The molecule has 0 atom stereocenters. The maximum atomic E-state index is 4.14. The molecule has 0 aliphatic rings. The molecule has 0 fully saturated rings. The number of rotatable bonds is 3. The molecule has 0 saturated heterocycles. The number of fused-ring (bicyclic) bond motifs is 1. The predicted octanol–water partition coefficient (Wildman–Crippen LogP) is 3.33. The van der Waals surface area contributed by atoms with E-state index in [0.29, 0.717) is 0 Å². The second-order valence-corrected chi connectivity index (χ2v) is 4.95. The molecule has 0 saturated carbocycles. The summed E-state index contributed by atoms with van der Waals surface area (Å²) in [5.41, 5.74) is 3.23. The Morgan fingerprint density at radius 3 is 3.00 bits per heavy atom. The van der Waals surface area contributed by atoms with Crippen LogP contribution in [0.4, 0.5) is 5.69 Å². The lowest BCUT2D eigenvalue weighted by Crippen LogP contribution is -1.99. The Bertz CT molecular complexity index is 677. The van der Waals surface area contributed by atoms with E-state index in [2.05, 4.69) is 42.5 Å². The Hall–Kier alpha value is -1.88. The third kappa shape index (κ3) is 2.36. The summed E-state index contributed by atoms with van der Waals surface area (Å²) in [6.07, 6.45) is 5.45. The molecule has 0 bridgehead atoms. The number of H-pyrrole nitrogens is 1. The van der Waals surface area contributed by atoms with Gasteiger partial charge in [0.05, 0.1) is 11.7 Å². The van der Waals surface area contributed by atoms with Crippen LogP contribution in [0.25, 0.3) is 10.9 Å². The molecule has 0 aliphatic carbocycles. The zero-order chi connectivity index (χ0) is 12.4. The van der Waals surface area contributed by atoms with Crippen LogP contribution in [0.5, 0.6) is 0 Å². The van der Waals surface area contributed by atoms with E-state index >= 15 is 0 Å². The minimum Gasteiger partial charge on any atom is -0.381 e. The molecule has 3 rings (SSSR count). The summed E-state index contributed by atoms with van der Waals surface area (Å²) in [6.45, 7) is 0.742. The molecule has 2 heterocycles.